The molecular formula is C13H17N7S. The topological polar surface area (TPSA) is 91.4 Å². The summed E-state index contributed by atoms with van der Waals surface area (Å²) in [5.41, 5.74) is 4.43. The highest BCUT2D eigenvalue weighted by molar-refractivity contribution is 7.07. The van der Waals surface area contributed by atoms with Crippen LogP contribution in [0.25, 0.3) is 11.2 Å². The van der Waals surface area contributed by atoms with Crippen LogP contribution in [0.15, 0.2) is 17.2 Å². The number of H-pyrrole nitrogens is 1. The van der Waals surface area contributed by atoms with Crippen LogP contribution >= 0.6 is 11.3 Å². The summed E-state index contributed by atoms with van der Waals surface area (Å²) >= 11 is 1.61. The van der Waals surface area contributed by atoms with E-state index in [4.69, 9.17) is 0 Å². The molecule has 3 N–H and O–H groups in total. The first-order chi connectivity index (χ1) is 10.4. The van der Waals surface area contributed by atoms with Gasteiger partial charge in [-0.1, -0.05) is 6.92 Å². The van der Waals surface area contributed by atoms with Gasteiger partial charge in [0.15, 0.2) is 11.5 Å². The zero-order chi connectivity index (χ0) is 14.5. The highest BCUT2D eigenvalue weighted by Crippen LogP contribution is 2.18. The fourth-order valence-electron chi connectivity index (χ4n) is 1.95. The number of nitrogens with zero attached hydrogens (tertiary/aromatic N) is 4. The molecular weight excluding hydrogens is 286 g/mol. The summed E-state index contributed by atoms with van der Waals surface area (Å²) in [7, 11) is 0. The van der Waals surface area contributed by atoms with Gasteiger partial charge in [-0.3, -0.25) is 0 Å². The minimum atomic E-state index is 0.604. The zero-order valence-corrected chi connectivity index (χ0v) is 12.6. The Morgan fingerprint density at radius 2 is 2.14 bits per heavy atom. The largest absolute Gasteiger partial charge is 0.368 e. The maximum atomic E-state index is 4.51. The van der Waals surface area contributed by atoms with Crippen LogP contribution in [-0.2, 0) is 6.42 Å². The van der Waals surface area contributed by atoms with E-state index in [2.05, 4.69) is 47.9 Å². The summed E-state index contributed by atoms with van der Waals surface area (Å²) in [6.07, 6.45) is 3.52. The Hall–Kier alpha value is -2.22. The average molecular weight is 303 g/mol. The Morgan fingerprint density at radius 3 is 2.95 bits per heavy atom. The molecule has 0 spiro atoms. The van der Waals surface area contributed by atoms with Gasteiger partial charge in [0.1, 0.15) is 5.52 Å². The van der Waals surface area contributed by atoms with Gasteiger partial charge in [-0.2, -0.15) is 9.97 Å². The highest BCUT2D eigenvalue weighted by atomic mass is 32.1. The van der Waals surface area contributed by atoms with E-state index >= 15 is 0 Å². The first-order valence-electron chi connectivity index (χ1n) is 6.92. The molecule has 0 aliphatic carbocycles. The molecule has 0 unspecified atom stereocenters. The molecule has 0 bridgehead atoms. The molecule has 8 heteroatoms. The van der Waals surface area contributed by atoms with Crippen molar-refractivity contribution in [2.45, 2.75) is 19.8 Å². The van der Waals surface area contributed by atoms with Gasteiger partial charge in [-0.05, 0) is 6.42 Å². The lowest BCUT2D eigenvalue weighted by Crippen LogP contribution is -2.10. The molecule has 0 saturated carbocycles. The molecule has 3 rings (SSSR count). The third-order valence-corrected chi connectivity index (χ3v) is 3.61. The molecule has 0 aliphatic rings. The van der Waals surface area contributed by atoms with Crippen molar-refractivity contribution in [1.29, 1.82) is 0 Å². The van der Waals surface area contributed by atoms with Crippen LogP contribution in [0.5, 0.6) is 0 Å². The lowest BCUT2D eigenvalue weighted by atomic mass is 10.3. The first-order valence-corrected chi connectivity index (χ1v) is 7.87. The normalized spacial score (nSPS) is 10.9. The second-order valence-corrected chi connectivity index (χ2v) is 5.30. The smallest absolute Gasteiger partial charge is 0.226 e. The zero-order valence-electron chi connectivity index (χ0n) is 11.8. The molecule has 0 fully saturated rings. The van der Waals surface area contributed by atoms with Gasteiger partial charge in [-0.15, -0.1) is 11.3 Å². The number of fused-ring (bicyclic) bond motifs is 1. The Bertz CT molecular complexity index is 692. The number of hydrogen-bond acceptors (Lipinski definition) is 7. The Labute approximate surface area is 126 Å². The van der Waals surface area contributed by atoms with Crippen LogP contribution in [0.2, 0.25) is 0 Å². The van der Waals surface area contributed by atoms with Crippen LogP contribution in [0.3, 0.4) is 0 Å². The van der Waals surface area contributed by atoms with Crippen LogP contribution in [-0.4, -0.2) is 38.0 Å². The molecule has 0 atom stereocenters. The van der Waals surface area contributed by atoms with E-state index in [9.17, 15) is 0 Å². The molecule has 3 aromatic rings. The standard InChI is InChI=1S/C13H17N7S/c1-2-4-15-13-19-11(10-12(20-13)17-7-16-10)14-5-3-9-6-21-8-18-9/h6-8H,2-5H2,1H3,(H3,14,15,16,17,19,20). The number of anilines is 2. The van der Waals surface area contributed by atoms with E-state index in [0.29, 0.717) is 11.6 Å². The monoisotopic (exact) mass is 303 g/mol. The minimum Gasteiger partial charge on any atom is -0.368 e. The van der Waals surface area contributed by atoms with Crippen molar-refractivity contribution in [2.75, 3.05) is 23.7 Å². The van der Waals surface area contributed by atoms with Crippen molar-refractivity contribution in [3.8, 4) is 0 Å². The average Bonchev–Trinajstić information content (AvgIpc) is 3.15. The number of aromatic amines is 1. The number of imidazole rings is 1. The SMILES string of the molecule is CCCNc1nc(NCCc2cscn2)c2[nH]cnc2n1. The number of hydrogen-bond donors (Lipinski definition) is 3. The van der Waals surface area contributed by atoms with Crippen molar-refractivity contribution >= 4 is 34.3 Å². The quantitative estimate of drug-likeness (QED) is 0.620. The number of nitrogens with one attached hydrogen (secondary N) is 3. The van der Waals surface area contributed by atoms with Crippen molar-refractivity contribution < 1.29 is 0 Å². The predicted molar refractivity (Wildman–Crippen MR) is 84.8 cm³/mol. The van der Waals surface area contributed by atoms with E-state index in [0.717, 1.165) is 43.0 Å². The van der Waals surface area contributed by atoms with Crippen molar-refractivity contribution in [3.63, 3.8) is 0 Å². The van der Waals surface area contributed by atoms with E-state index in [-0.39, 0.29) is 0 Å². The number of aromatic nitrogens is 5. The lowest BCUT2D eigenvalue weighted by Gasteiger charge is -2.08. The summed E-state index contributed by atoms with van der Waals surface area (Å²) < 4.78 is 0. The molecule has 21 heavy (non-hydrogen) atoms. The number of rotatable bonds is 7. The molecule has 7 nitrogen and oxygen atoms in total. The van der Waals surface area contributed by atoms with Crippen LogP contribution in [0.4, 0.5) is 11.8 Å². The third-order valence-electron chi connectivity index (χ3n) is 2.98. The summed E-state index contributed by atoms with van der Waals surface area (Å²) in [6, 6.07) is 0. The van der Waals surface area contributed by atoms with Gasteiger partial charge >= 0.3 is 0 Å². The van der Waals surface area contributed by atoms with Crippen molar-refractivity contribution in [3.05, 3.63) is 22.9 Å². The van der Waals surface area contributed by atoms with E-state index in [1.54, 1.807) is 17.7 Å². The van der Waals surface area contributed by atoms with E-state index in [1.807, 2.05) is 5.51 Å². The van der Waals surface area contributed by atoms with Crippen molar-refractivity contribution in [1.82, 2.24) is 24.9 Å². The number of thiazole rings is 1. The molecule has 3 aromatic heterocycles. The van der Waals surface area contributed by atoms with Crippen LogP contribution < -0.4 is 10.6 Å². The molecule has 3 heterocycles. The summed E-state index contributed by atoms with van der Waals surface area (Å²) in [5, 5.41) is 8.58. The Balaban J connectivity index is 1.74. The maximum absolute atomic E-state index is 4.51. The van der Waals surface area contributed by atoms with Gasteiger partial charge in [0.2, 0.25) is 5.95 Å². The van der Waals surface area contributed by atoms with Crippen LogP contribution in [0, 0.1) is 0 Å². The van der Waals surface area contributed by atoms with E-state index in [1.165, 1.54) is 0 Å². The third kappa shape index (κ3) is 3.27. The second-order valence-electron chi connectivity index (χ2n) is 4.58. The summed E-state index contributed by atoms with van der Waals surface area (Å²) in [6.45, 7) is 3.71. The molecule has 110 valence electrons. The Morgan fingerprint density at radius 1 is 1.19 bits per heavy atom. The van der Waals surface area contributed by atoms with E-state index < -0.39 is 0 Å². The molecule has 0 radical (unpaired) electrons. The summed E-state index contributed by atoms with van der Waals surface area (Å²) in [5.74, 6) is 1.37. The molecule has 0 aliphatic heterocycles. The molecule has 0 amide bonds. The minimum absolute atomic E-state index is 0.604. The highest BCUT2D eigenvalue weighted by Gasteiger charge is 2.09. The second kappa shape index (κ2) is 6.49. The van der Waals surface area contributed by atoms with Gasteiger partial charge in [0.05, 0.1) is 17.5 Å². The Kier molecular flexibility index (Phi) is 4.25. The molecule has 0 saturated heterocycles. The van der Waals surface area contributed by atoms with Crippen LogP contribution in [0.1, 0.15) is 19.0 Å². The fraction of sp³-hybridized carbons (Fsp3) is 0.385. The summed E-state index contributed by atoms with van der Waals surface area (Å²) in [4.78, 5) is 20.4. The van der Waals surface area contributed by atoms with Gasteiger partial charge in [0.25, 0.3) is 0 Å². The van der Waals surface area contributed by atoms with Gasteiger partial charge in [-0.25, -0.2) is 9.97 Å². The maximum Gasteiger partial charge on any atom is 0.226 e. The fourth-order valence-corrected chi connectivity index (χ4v) is 2.54. The molecule has 0 aromatic carbocycles. The predicted octanol–water partition coefficient (Wildman–Crippen LogP) is 2.29. The lowest BCUT2D eigenvalue weighted by molar-refractivity contribution is 0.946. The van der Waals surface area contributed by atoms with Gasteiger partial charge in [0, 0.05) is 24.9 Å². The van der Waals surface area contributed by atoms with Crippen molar-refractivity contribution in [2.24, 2.45) is 0 Å². The first kappa shape index (κ1) is 13.7. The van der Waals surface area contributed by atoms with Gasteiger partial charge < -0.3 is 15.6 Å².